The Morgan fingerprint density at radius 2 is 1.96 bits per heavy atom. The van der Waals surface area contributed by atoms with E-state index >= 15 is 0 Å². The number of likely N-dealkylation sites (tertiary alicyclic amines) is 1. The van der Waals surface area contributed by atoms with Gasteiger partial charge in [0.25, 0.3) is 0 Å². The molecule has 0 aliphatic carbocycles. The molecule has 0 atom stereocenters. The van der Waals surface area contributed by atoms with Gasteiger partial charge in [-0.1, -0.05) is 12.1 Å². The maximum absolute atomic E-state index is 12.1. The van der Waals surface area contributed by atoms with Crippen LogP contribution in [0.4, 0.5) is 4.79 Å². The first-order chi connectivity index (χ1) is 11.1. The van der Waals surface area contributed by atoms with Gasteiger partial charge in [0.15, 0.2) is 0 Å². The van der Waals surface area contributed by atoms with E-state index in [9.17, 15) is 9.59 Å². The summed E-state index contributed by atoms with van der Waals surface area (Å²) in [6.45, 7) is 3.72. The van der Waals surface area contributed by atoms with Crippen molar-refractivity contribution < 1.29 is 14.3 Å². The highest BCUT2D eigenvalue weighted by atomic mass is 16.5. The lowest BCUT2D eigenvalue weighted by atomic mass is 9.97. The molecule has 0 unspecified atom stereocenters. The van der Waals surface area contributed by atoms with Crippen molar-refractivity contribution in [2.75, 3.05) is 19.7 Å². The average Bonchev–Trinajstić information content (AvgIpc) is 2.60. The third-order valence-electron chi connectivity index (χ3n) is 3.93. The molecule has 1 saturated heterocycles. The Bertz CT molecular complexity index is 584. The average molecular weight is 315 g/mol. The summed E-state index contributed by atoms with van der Waals surface area (Å²) in [5.41, 5.74) is 1.54. The standard InChI is InChI=1S/C17H21N3O3/c1-2-23-16(21)15-7-9-20(10-8-15)17(22)19-12-14-5-3-13(11-18)4-6-14/h3-6,15H,2,7-10,12H2,1H3,(H,19,22). The predicted molar refractivity (Wildman–Crippen MR) is 84.3 cm³/mol. The molecule has 0 bridgehead atoms. The molecule has 0 radical (unpaired) electrons. The molecule has 1 aromatic rings. The Kier molecular flexibility index (Phi) is 5.98. The zero-order chi connectivity index (χ0) is 16.7. The molecule has 1 aliphatic rings. The number of hydrogen-bond donors (Lipinski definition) is 1. The lowest BCUT2D eigenvalue weighted by molar-refractivity contribution is -0.149. The fourth-order valence-electron chi connectivity index (χ4n) is 2.57. The van der Waals surface area contributed by atoms with Gasteiger partial charge < -0.3 is 15.0 Å². The largest absolute Gasteiger partial charge is 0.466 e. The second-order valence-corrected chi connectivity index (χ2v) is 5.48. The second-order valence-electron chi connectivity index (χ2n) is 5.48. The van der Waals surface area contributed by atoms with Crippen LogP contribution in [-0.4, -0.2) is 36.6 Å². The number of piperidine rings is 1. The number of ether oxygens (including phenoxy) is 1. The van der Waals surface area contributed by atoms with Crippen molar-refractivity contribution in [3.8, 4) is 6.07 Å². The van der Waals surface area contributed by atoms with Gasteiger partial charge in [0.05, 0.1) is 24.2 Å². The first-order valence-electron chi connectivity index (χ1n) is 7.82. The van der Waals surface area contributed by atoms with Crippen molar-refractivity contribution >= 4 is 12.0 Å². The minimum absolute atomic E-state index is 0.0995. The normalized spacial score (nSPS) is 14.9. The Morgan fingerprint density at radius 3 is 2.52 bits per heavy atom. The number of esters is 1. The van der Waals surface area contributed by atoms with E-state index in [0.717, 1.165) is 5.56 Å². The molecule has 0 aromatic heterocycles. The van der Waals surface area contributed by atoms with Gasteiger partial charge in [-0.05, 0) is 37.5 Å². The minimum atomic E-state index is -0.162. The van der Waals surface area contributed by atoms with Crippen LogP contribution in [0, 0.1) is 17.2 Å². The first-order valence-corrected chi connectivity index (χ1v) is 7.82. The second kappa shape index (κ2) is 8.18. The Morgan fingerprint density at radius 1 is 1.30 bits per heavy atom. The molecule has 1 aliphatic heterocycles. The fourth-order valence-corrected chi connectivity index (χ4v) is 2.57. The fraction of sp³-hybridized carbons (Fsp3) is 0.471. The molecule has 6 nitrogen and oxygen atoms in total. The molecule has 1 heterocycles. The van der Waals surface area contributed by atoms with Crippen LogP contribution < -0.4 is 5.32 Å². The van der Waals surface area contributed by atoms with Crippen LogP contribution >= 0.6 is 0 Å². The number of carbonyl (C=O) groups is 2. The molecular formula is C17H21N3O3. The van der Waals surface area contributed by atoms with Gasteiger partial charge >= 0.3 is 12.0 Å². The number of urea groups is 1. The summed E-state index contributed by atoms with van der Waals surface area (Å²) < 4.78 is 5.02. The highest BCUT2D eigenvalue weighted by Gasteiger charge is 2.27. The number of hydrogen-bond acceptors (Lipinski definition) is 4. The smallest absolute Gasteiger partial charge is 0.317 e. The maximum atomic E-state index is 12.1. The molecule has 1 fully saturated rings. The van der Waals surface area contributed by atoms with Gasteiger partial charge in [-0.25, -0.2) is 4.79 Å². The van der Waals surface area contributed by atoms with Crippen molar-refractivity contribution in [1.82, 2.24) is 10.2 Å². The summed E-state index contributed by atoms with van der Waals surface area (Å²) in [5.74, 6) is -0.261. The van der Waals surface area contributed by atoms with Crippen LogP contribution in [0.25, 0.3) is 0 Å². The number of nitrogens with one attached hydrogen (secondary N) is 1. The van der Waals surface area contributed by atoms with Crippen molar-refractivity contribution in [1.29, 1.82) is 5.26 Å². The molecule has 2 amide bonds. The number of carbonyl (C=O) groups excluding carboxylic acids is 2. The number of benzene rings is 1. The van der Waals surface area contributed by atoms with E-state index < -0.39 is 0 Å². The van der Waals surface area contributed by atoms with Crippen LogP contribution in [-0.2, 0) is 16.1 Å². The zero-order valence-corrected chi connectivity index (χ0v) is 13.2. The van der Waals surface area contributed by atoms with Crippen LogP contribution in [0.15, 0.2) is 24.3 Å². The molecule has 2 rings (SSSR count). The van der Waals surface area contributed by atoms with E-state index in [1.807, 2.05) is 12.1 Å². The lowest BCUT2D eigenvalue weighted by Crippen LogP contribution is -2.45. The molecule has 23 heavy (non-hydrogen) atoms. The van der Waals surface area contributed by atoms with Gasteiger partial charge in [-0.3, -0.25) is 4.79 Å². The Hall–Kier alpha value is -2.55. The predicted octanol–water partition coefficient (Wildman–Crippen LogP) is 2.04. The Balaban J connectivity index is 1.76. The highest BCUT2D eigenvalue weighted by molar-refractivity contribution is 5.76. The highest BCUT2D eigenvalue weighted by Crippen LogP contribution is 2.18. The number of rotatable bonds is 4. The maximum Gasteiger partial charge on any atom is 0.317 e. The van der Waals surface area contributed by atoms with Gasteiger partial charge in [0.2, 0.25) is 0 Å². The third kappa shape index (κ3) is 4.71. The van der Waals surface area contributed by atoms with E-state index in [-0.39, 0.29) is 17.9 Å². The number of nitrogens with zero attached hydrogens (tertiary/aromatic N) is 2. The molecule has 0 saturated carbocycles. The molecule has 122 valence electrons. The van der Waals surface area contributed by atoms with Gasteiger partial charge in [0.1, 0.15) is 0 Å². The van der Waals surface area contributed by atoms with E-state index in [1.54, 1.807) is 24.0 Å². The first kappa shape index (κ1) is 16.8. The zero-order valence-electron chi connectivity index (χ0n) is 13.2. The molecule has 0 spiro atoms. The molecular weight excluding hydrogens is 294 g/mol. The monoisotopic (exact) mass is 315 g/mol. The molecule has 1 aromatic carbocycles. The van der Waals surface area contributed by atoms with Gasteiger partial charge in [-0.2, -0.15) is 5.26 Å². The van der Waals surface area contributed by atoms with Crippen LogP contribution in [0.2, 0.25) is 0 Å². The topological polar surface area (TPSA) is 82.4 Å². The van der Waals surface area contributed by atoms with Gasteiger partial charge in [-0.15, -0.1) is 0 Å². The minimum Gasteiger partial charge on any atom is -0.466 e. The van der Waals surface area contributed by atoms with Crippen LogP contribution in [0.3, 0.4) is 0 Å². The molecule has 6 heteroatoms. The summed E-state index contributed by atoms with van der Waals surface area (Å²) in [5, 5.41) is 11.6. The van der Waals surface area contributed by atoms with E-state index in [1.165, 1.54) is 0 Å². The quantitative estimate of drug-likeness (QED) is 0.862. The van der Waals surface area contributed by atoms with Crippen molar-refractivity contribution in [3.05, 3.63) is 35.4 Å². The Labute approximate surface area is 136 Å². The van der Waals surface area contributed by atoms with E-state index in [0.29, 0.717) is 44.6 Å². The van der Waals surface area contributed by atoms with E-state index in [4.69, 9.17) is 10.00 Å². The summed E-state index contributed by atoms with van der Waals surface area (Å²) in [6.07, 6.45) is 1.28. The summed E-state index contributed by atoms with van der Waals surface area (Å²) in [7, 11) is 0. The van der Waals surface area contributed by atoms with Crippen molar-refractivity contribution in [3.63, 3.8) is 0 Å². The van der Waals surface area contributed by atoms with E-state index in [2.05, 4.69) is 11.4 Å². The molecule has 1 N–H and O–H groups in total. The summed E-state index contributed by atoms with van der Waals surface area (Å²) >= 11 is 0. The number of amides is 2. The lowest BCUT2D eigenvalue weighted by Gasteiger charge is -2.30. The third-order valence-corrected chi connectivity index (χ3v) is 3.93. The number of nitriles is 1. The van der Waals surface area contributed by atoms with Crippen molar-refractivity contribution in [2.45, 2.75) is 26.3 Å². The summed E-state index contributed by atoms with van der Waals surface area (Å²) in [4.78, 5) is 25.5. The summed E-state index contributed by atoms with van der Waals surface area (Å²) in [6, 6.07) is 9.04. The van der Waals surface area contributed by atoms with Crippen molar-refractivity contribution in [2.24, 2.45) is 5.92 Å². The SMILES string of the molecule is CCOC(=O)C1CCN(C(=O)NCc2ccc(C#N)cc2)CC1. The van der Waals surface area contributed by atoms with Crippen LogP contribution in [0.1, 0.15) is 30.9 Å². The van der Waals surface area contributed by atoms with Crippen LogP contribution in [0.5, 0.6) is 0 Å². The van der Waals surface area contributed by atoms with Gasteiger partial charge in [0, 0.05) is 19.6 Å².